The van der Waals surface area contributed by atoms with Crippen molar-refractivity contribution in [2.75, 3.05) is 13.1 Å². The summed E-state index contributed by atoms with van der Waals surface area (Å²) in [4.78, 5) is 21.3. The summed E-state index contributed by atoms with van der Waals surface area (Å²) >= 11 is 1.62. The molecule has 3 aromatic heterocycles. The molecule has 9 heteroatoms. The van der Waals surface area contributed by atoms with Crippen LogP contribution in [0.3, 0.4) is 0 Å². The van der Waals surface area contributed by atoms with Crippen molar-refractivity contribution < 1.29 is 4.79 Å². The summed E-state index contributed by atoms with van der Waals surface area (Å²) in [5.74, 6) is 0.0430. The van der Waals surface area contributed by atoms with Gasteiger partial charge in [-0.05, 0) is 43.7 Å². The van der Waals surface area contributed by atoms with Crippen molar-refractivity contribution in [1.29, 1.82) is 0 Å². The van der Waals surface area contributed by atoms with E-state index in [9.17, 15) is 4.79 Å². The molecular formula is C19H25Cl2N5OS. The maximum absolute atomic E-state index is 13.5. The lowest BCUT2D eigenvalue weighted by atomic mass is 9.99. The number of carbonyl (C=O) groups excluding carboxylic acids is 1. The Morgan fingerprint density at radius 1 is 1.36 bits per heavy atom. The number of aryl methyl sites for hydroxylation is 2. The summed E-state index contributed by atoms with van der Waals surface area (Å²) in [6.45, 7) is 3.20. The number of amides is 1. The van der Waals surface area contributed by atoms with Crippen molar-refractivity contribution in [3.63, 3.8) is 0 Å². The van der Waals surface area contributed by atoms with Gasteiger partial charge in [-0.3, -0.25) is 9.48 Å². The molecule has 1 fully saturated rings. The summed E-state index contributed by atoms with van der Waals surface area (Å²) in [5.41, 5.74) is 9.03. The SMILES string of the molecule is Cc1nn(C)c2nc(-c3cccs3)cc(C(=O)N3CCCCC3CN)c12.Cl.Cl. The number of thiophene rings is 1. The number of halogens is 2. The molecule has 0 spiro atoms. The van der Waals surface area contributed by atoms with E-state index in [1.165, 1.54) is 0 Å². The molecule has 1 saturated heterocycles. The van der Waals surface area contributed by atoms with E-state index >= 15 is 0 Å². The maximum Gasteiger partial charge on any atom is 0.255 e. The summed E-state index contributed by atoms with van der Waals surface area (Å²) in [6, 6.07) is 6.06. The second-order valence-electron chi connectivity index (χ2n) is 6.82. The Labute approximate surface area is 180 Å². The lowest BCUT2D eigenvalue weighted by Crippen LogP contribution is -2.47. The minimum atomic E-state index is 0. The first kappa shape index (κ1) is 22.6. The number of hydrogen-bond donors (Lipinski definition) is 1. The van der Waals surface area contributed by atoms with Gasteiger partial charge in [-0.15, -0.1) is 36.2 Å². The van der Waals surface area contributed by atoms with Crippen LogP contribution in [-0.2, 0) is 7.05 Å². The van der Waals surface area contributed by atoms with Gasteiger partial charge in [-0.25, -0.2) is 4.98 Å². The van der Waals surface area contributed by atoms with Gasteiger partial charge in [-0.1, -0.05) is 6.07 Å². The van der Waals surface area contributed by atoms with Gasteiger partial charge < -0.3 is 10.6 Å². The van der Waals surface area contributed by atoms with Gasteiger partial charge in [0.2, 0.25) is 0 Å². The molecule has 0 aromatic carbocycles. The number of fused-ring (bicyclic) bond motifs is 1. The lowest BCUT2D eigenvalue weighted by molar-refractivity contribution is 0.0625. The number of hydrogen-bond acceptors (Lipinski definition) is 5. The van der Waals surface area contributed by atoms with E-state index in [1.54, 1.807) is 16.0 Å². The summed E-state index contributed by atoms with van der Waals surface area (Å²) in [6.07, 6.45) is 3.13. The van der Waals surface area contributed by atoms with Crippen molar-refractivity contribution in [3.8, 4) is 10.6 Å². The zero-order chi connectivity index (χ0) is 18.3. The zero-order valence-corrected chi connectivity index (χ0v) is 18.4. The number of piperidine rings is 1. The Bertz CT molecular complexity index is 957. The van der Waals surface area contributed by atoms with Crippen molar-refractivity contribution in [3.05, 3.63) is 34.8 Å². The maximum atomic E-state index is 13.5. The molecular weight excluding hydrogens is 417 g/mol. The van der Waals surface area contributed by atoms with Crippen LogP contribution in [0, 0.1) is 6.92 Å². The van der Waals surface area contributed by atoms with E-state index in [0.717, 1.165) is 53.1 Å². The fraction of sp³-hybridized carbons (Fsp3) is 0.421. The molecule has 152 valence electrons. The van der Waals surface area contributed by atoms with Gasteiger partial charge in [0.25, 0.3) is 5.91 Å². The van der Waals surface area contributed by atoms with Gasteiger partial charge in [0.1, 0.15) is 0 Å². The van der Waals surface area contributed by atoms with Crippen molar-refractivity contribution in [2.24, 2.45) is 12.8 Å². The minimum absolute atomic E-state index is 0. The number of nitrogens with zero attached hydrogens (tertiary/aromatic N) is 4. The van der Waals surface area contributed by atoms with Crippen LogP contribution in [0.5, 0.6) is 0 Å². The number of likely N-dealkylation sites (tertiary alicyclic amines) is 1. The molecule has 28 heavy (non-hydrogen) atoms. The number of pyridine rings is 1. The first-order valence-corrected chi connectivity index (χ1v) is 9.87. The highest BCUT2D eigenvalue weighted by atomic mass is 35.5. The summed E-state index contributed by atoms with van der Waals surface area (Å²) < 4.78 is 1.76. The molecule has 1 unspecified atom stereocenters. The normalized spacial score (nSPS) is 16.5. The Hall–Kier alpha value is -1.67. The van der Waals surface area contributed by atoms with Crippen LogP contribution >= 0.6 is 36.2 Å². The monoisotopic (exact) mass is 441 g/mol. The summed E-state index contributed by atoms with van der Waals surface area (Å²) in [5, 5.41) is 7.37. The predicted molar refractivity (Wildman–Crippen MR) is 119 cm³/mol. The number of rotatable bonds is 3. The smallest absolute Gasteiger partial charge is 0.255 e. The van der Waals surface area contributed by atoms with E-state index in [2.05, 4.69) is 5.10 Å². The van der Waals surface area contributed by atoms with Crippen molar-refractivity contribution in [1.82, 2.24) is 19.7 Å². The molecule has 0 bridgehead atoms. The first-order chi connectivity index (χ1) is 12.6. The number of carbonyl (C=O) groups is 1. The van der Waals surface area contributed by atoms with Crippen LogP contribution in [0.1, 0.15) is 35.3 Å². The van der Waals surface area contributed by atoms with E-state index in [0.29, 0.717) is 12.1 Å². The highest BCUT2D eigenvalue weighted by Gasteiger charge is 2.29. The third-order valence-electron chi connectivity index (χ3n) is 5.13. The van der Waals surface area contributed by atoms with Crippen LogP contribution in [-0.4, -0.2) is 44.7 Å². The average molecular weight is 442 g/mol. The standard InChI is InChI=1S/C19H23N5OS.2ClH/c1-12-17-14(19(25)24-8-4-3-6-13(24)11-20)10-15(16-7-5-9-26-16)21-18(17)23(2)22-12;;/h5,7,9-10,13H,3-4,6,8,11,20H2,1-2H3;2*1H. The highest BCUT2D eigenvalue weighted by molar-refractivity contribution is 7.13. The Kier molecular flexibility index (Phi) is 7.45. The lowest BCUT2D eigenvalue weighted by Gasteiger charge is -2.35. The molecule has 1 aliphatic heterocycles. The van der Waals surface area contributed by atoms with Gasteiger partial charge in [0, 0.05) is 26.2 Å². The van der Waals surface area contributed by atoms with Crippen LogP contribution in [0.15, 0.2) is 23.6 Å². The molecule has 2 N–H and O–H groups in total. The largest absolute Gasteiger partial charge is 0.334 e. The zero-order valence-electron chi connectivity index (χ0n) is 15.9. The molecule has 4 heterocycles. The van der Waals surface area contributed by atoms with Gasteiger partial charge >= 0.3 is 0 Å². The third-order valence-corrected chi connectivity index (χ3v) is 6.03. The van der Waals surface area contributed by atoms with E-state index in [-0.39, 0.29) is 36.8 Å². The van der Waals surface area contributed by atoms with Gasteiger partial charge in [0.15, 0.2) is 5.65 Å². The van der Waals surface area contributed by atoms with Crippen LogP contribution in [0.25, 0.3) is 21.6 Å². The first-order valence-electron chi connectivity index (χ1n) is 8.99. The fourth-order valence-electron chi connectivity index (χ4n) is 3.83. The topological polar surface area (TPSA) is 77.0 Å². The number of nitrogens with two attached hydrogens (primary N) is 1. The molecule has 1 amide bonds. The molecule has 3 aromatic rings. The average Bonchev–Trinajstić information content (AvgIpc) is 3.29. The number of aromatic nitrogens is 3. The quantitative estimate of drug-likeness (QED) is 0.670. The van der Waals surface area contributed by atoms with Crippen LogP contribution in [0.4, 0.5) is 0 Å². The molecule has 0 saturated carbocycles. The molecule has 0 aliphatic carbocycles. The highest BCUT2D eigenvalue weighted by Crippen LogP contribution is 2.31. The predicted octanol–water partition coefficient (Wildman–Crippen LogP) is 3.80. The van der Waals surface area contributed by atoms with Gasteiger partial charge in [0.05, 0.1) is 27.2 Å². The second kappa shape index (κ2) is 9.22. The minimum Gasteiger partial charge on any atom is -0.334 e. The molecule has 1 atom stereocenters. The Balaban J connectivity index is 0.00000140. The second-order valence-corrected chi connectivity index (χ2v) is 7.77. The molecule has 4 rings (SSSR count). The van der Waals surface area contributed by atoms with Crippen LogP contribution < -0.4 is 5.73 Å². The van der Waals surface area contributed by atoms with E-state index in [1.807, 2.05) is 42.5 Å². The van der Waals surface area contributed by atoms with E-state index in [4.69, 9.17) is 10.7 Å². The fourth-order valence-corrected chi connectivity index (χ4v) is 4.52. The Morgan fingerprint density at radius 3 is 2.82 bits per heavy atom. The van der Waals surface area contributed by atoms with Crippen molar-refractivity contribution in [2.45, 2.75) is 32.2 Å². The molecule has 1 aliphatic rings. The Morgan fingerprint density at radius 2 is 2.14 bits per heavy atom. The van der Waals surface area contributed by atoms with Gasteiger partial charge in [-0.2, -0.15) is 5.10 Å². The van der Waals surface area contributed by atoms with Crippen molar-refractivity contribution >= 4 is 53.1 Å². The van der Waals surface area contributed by atoms with Crippen LogP contribution in [0.2, 0.25) is 0 Å². The third kappa shape index (κ3) is 3.89. The summed E-state index contributed by atoms with van der Waals surface area (Å²) in [7, 11) is 1.87. The molecule has 0 radical (unpaired) electrons. The van der Waals surface area contributed by atoms with E-state index < -0.39 is 0 Å². The molecule has 6 nitrogen and oxygen atoms in total.